The van der Waals surface area contributed by atoms with Gasteiger partial charge in [-0.2, -0.15) is 0 Å². The van der Waals surface area contributed by atoms with Crippen molar-refractivity contribution >= 4 is 0 Å². The molecule has 0 radical (unpaired) electrons. The van der Waals surface area contributed by atoms with Crippen LogP contribution in [0.5, 0.6) is 0 Å². The highest BCUT2D eigenvalue weighted by atomic mass is 14.3. The van der Waals surface area contributed by atoms with E-state index in [0.717, 1.165) is 11.8 Å². The maximum atomic E-state index is 2.41. The van der Waals surface area contributed by atoms with Crippen molar-refractivity contribution in [1.29, 1.82) is 0 Å². The van der Waals surface area contributed by atoms with E-state index in [4.69, 9.17) is 0 Å². The van der Waals surface area contributed by atoms with Gasteiger partial charge in [0.05, 0.1) is 0 Å². The predicted molar refractivity (Wildman–Crippen MR) is 66.4 cm³/mol. The molecule has 15 heavy (non-hydrogen) atoms. The van der Waals surface area contributed by atoms with Crippen LogP contribution in [0.1, 0.15) is 54.4 Å². The summed E-state index contributed by atoms with van der Waals surface area (Å²) < 4.78 is 0. The minimum atomic E-state index is 0.825. The third kappa shape index (κ3) is 1.95. The van der Waals surface area contributed by atoms with Gasteiger partial charge in [0.25, 0.3) is 0 Å². The number of rotatable bonds is 1. The maximum Gasteiger partial charge on any atom is -0.0131 e. The zero-order valence-corrected chi connectivity index (χ0v) is 10.4. The van der Waals surface area contributed by atoms with Crippen molar-refractivity contribution in [1.82, 2.24) is 0 Å². The van der Waals surface area contributed by atoms with Gasteiger partial charge in [0.1, 0.15) is 0 Å². The van der Waals surface area contributed by atoms with E-state index in [1.807, 2.05) is 0 Å². The normalized spacial score (nSPS) is 25.9. The topological polar surface area (TPSA) is 0 Å². The average molecular weight is 202 g/mol. The fraction of sp³-hybridized carbons (Fsp3) is 0.600. The Morgan fingerprint density at radius 1 is 1.00 bits per heavy atom. The van der Waals surface area contributed by atoms with Crippen molar-refractivity contribution < 1.29 is 0 Å². The lowest BCUT2D eigenvalue weighted by Gasteiger charge is -2.21. The van der Waals surface area contributed by atoms with Crippen molar-refractivity contribution in [3.8, 4) is 0 Å². The molecule has 0 heteroatoms. The molecule has 0 spiro atoms. The Balaban J connectivity index is 2.43. The molecule has 2 unspecified atom stereocenters. The molecule has 0 N–H and O–H groups in total. The monoisotopic (exact) mass is 202 g/mol. The molecule has 0 heterocycles. The first kappa shape index (κ1) is 10.7. The zero-order chi connectivity index (χ0) is 11.0. The van der Waals surface area contributed by atoms with Crippen LogP contribution < -0.4 is 0 Å². The Morgan fingerprint density at radius 3 is 2.07 bits per heavy atom. The van der Waals surface area contributed by atoms with Crippen molar-refractivity contribution in [2.75, 3.05) is 0 Å². The minimum absolute atomic E-state index is 0.825. The highest BCUT2D eigenvalue weighted by Gasteiger charge is 2.27. The Labute approximate surface area is 93.7 Å². The van der Waals surface area contributed by atoms with Crippen LogP contribution in [0.4, 0.5) is 0 Å². The SMILES string of the molecule is Cc1cc(C)c(C2CCCC2C)c(C)c1. The third-order valence-electron chi connectivity index (χ3n) is 3.97. The lowest BCUT2D eigenvalue weighted by Crippen LogP contribution is -2.06. The molecule has 1 fully saturated rings. The molecule has 1 aromatic carbocycles. The average Bonchev–Trinajstić information content (AvgIpc) is 2.50. The molecular formula is C15H22. The number of aryl methyl sites for hydroxylation is 3. The van der Waals surface area contributed by atoms with Gasteiger partial charge in [0.15, 0.2) is 0 Å². The van der Waals surface area contributed by atoms with Crippen LogP contribution in [0.3, 0.4) is 0 Å². The second-order valence-electron chi connectivity index (χ2n) is 5.33. The zero-order valence-electron chi connectivity index (χ0n) is 10.4. The molecule has 0 bridgehead atoms. The van der Waals surface area contributed by atoms with E-state index in [2.05, 4.69) is 39.8 Å². The summed E-state index contributed by atoms with van der Waals surface area (Å²) in [6.07, 6.45) is 4.22. The Morgan fingerprint density at radius 2 is 1.60 bits per heavy atom. The molecule has 1 saturated carbocycles. The van der Waals surface area contributed by atoms with Crippen LogP contribution in [0, 0.1) is 26.7 Å². The van der Waals surface area contributed by atoms with Crippen LogP contribution in [0.2, 0.25) is 0 Å². The molecule has 1 aliphatic rings. The summed E-state index contributed by atoms with van der Waals surface area (Å²) in [6.45, 7) is 9.17. The van der Waals surface area contributed by atoms with Crippen molar-refractivity contribution in [2.24, 2.45) is 5.92 Å². The summed E-state index contributed by atoms with van der Waals surface area (Å²) in [4.78, 5) is 0. The van der Waals surface area contributed by atoms with E-state index >= 15 is 0 Å². The van der Waals surface area contributed by atoms with Gasteiger partial charge in [-0.15, -0.1) is 0 Å². The Hall–Kier alpha value is -0.780. The predicted octanol–water partition coefficient (Wildman–Crippen LogP) is 4.52. The van der Waals surface area contributed by atoms with Crippen molar-refractivity contribution in [3.63, 3.8) is 0 Å². The molecule has 0 aliphatic heterocycles. The fourth-order valence-electron chi connectivity index (χ4n) is 3.35. The summed E-state index contributed by atoms with van der Waals surface area (Å²) in [7, 11) is 0. The van der Waals surface area contributed by atoms with E-state index in [0.29, 0.717) is 0 Å². The largest absolute Gasteiger partial charge is 0.0619 e. The lowest BCUT2D eigenvalue weighted by atomic mass is 9.84. The maximum absolute atomic E-state index is 2.41. The highest BCUT2D eigenvalue weighted by Crippen LogP contribution is 2.41. The third-order valence-corrected chi connectivity index (χ3v) is 3.97. The second-order valence-corrected chi connectivity index (χ2v) is 5.33. The second kappa shape index (κ2) is 4.00. The number of benzene rings is 1. The highest BCUT2D eigenvalue weighted by molar-refractivity contribution is 5.40. The Kier molecular flexibility index (Phi) is 2.86. The van der Waals surface area contributed by atoms with E-state index in [1.165, 1.54) is 36.0 Å². The molecular weight excluding hydrogens is 180 g/mol. The van der Waals surface area contributed by atoms with Gasteiger partial charge >= 0.3 is 0 Å². The fourth-order valence-corrected chi connectivity index (χ4v) is 3.35. The van der Waals surface area contributed by atoms with E-state index < -0.39 is 0 Å². The van der Waals surface area contributed by atoms with Gasteiger partial charge < -0.3 is 0 Å². The summed E-state index contributed by atoms with van der Waals surface area (Å²) in [6, 6.07) is 4.68. The van der Waals surface area contributed by atoms with Crippen molar-refractivity contribution in [2.45, 2.75) is 52.9 Å². The van der Waals surface area contributed by atoms with E-state index in [-0.39, 0.29) is 0 Å². The van der Waals surface area contributed by atoms with Gasteiger partial charge in [-0.25, -0.2) is 0 Å². The molecule has 0 saturated heterocycles. The first-order valence-electron chi connectivity index (χ1n) is 6.17. The lowest BCUT2D eigenvalue weighted by molar-refractivity contribution is 0.529. The van der Waals surface area contributed by atoms with Crippen LogP contribution in [-0.4, -0.2) is 0 Å². The quantitative estimate of drug-likeness (QED) is 0.628. The van der Waals surface area contributed by atoms with Gasteiger partial charge in [-0.1, -0.05) is 37.5 Å². The number of hydrogen-bond acceptors (Lipinski definition) is 0. The van der Waals surface area contributed by atoms with Gasteiger partial charge in [0, 0.05) is 0 Å². The summed E-state index contributed by atoms with van der Waals surface area (Å²) in [5, 5.41) is 0. The van der Waals surface area contributed by atoms with E-state index in [1.54, 1.807) is 5.56 Å². The van der Waals surface area contributed by atoms with Gasteiger partial charge in [0.2, 0.25) is 0 Å². The molecule has 0 aromatic heterocycles. The van der Waals surface area contributed by atoms with Crippen LogP contribution >= 0.6 is 0 Å². The van der Waals surface area contributed by atoms with Gasteiger partial charge in [-0.05, 0) is 55.7 Å². The van der Waals surface area contributed by atoms with Crippen molar-refractivity contribution in [3.05, 3.63) is 34.4 Å². The number of hydrogen-bond donors (Lipinski definition) is 0. The van der Waals surface area contributed by atoms with Crippen LogP contribution in [-0.2, 0) is 0 Å². The molecule has 2 rings (SSSR count). The minimum Gasteiger partial charge on any atom is -0.0619 e. The van der Waals surface area contributed by atoms with E-state index in [9.17, 15) is 0 Å². The first-order chi connectivity index (χ1) is 7.09. The van der Waals surface area contributed by atoms with Gasteiger partial charge in [-0.3, -0.25) is 0 Å². The van der Waals surface area contributed by atoms with Crippen LogP contribution in [0.25, 0.3) is 0 Å². The molecule has 0 nitrogen and oxygen atoms in total. The summed E-state index contributed by atoms with van der Waals surface area (Å²) in [5.41, 5.74) is 6.06. The first-order valence-corrected chi connectivity index (χ1v) is 6.17. The summed E-state index contributed by atoms with van der Waals surface area (Å²) in [5.74, 6) is 1.70. The van der Waals surface area contributed by atoms with Crippen LogP contribution in [0.15, 0.2) is 12.1 Å². The molecule has 1 aromatic rings. The smallest absolute Gasteiger partial charge is 0.0131 e. The molecule has 0 amide bonds. The molecule has 82 valence electrons. The molecule has 2 atom stereocenters. The summed E-state index contributed by atoms with van der Waals surface area (Å²) >= 11 is 0. The Bertz CT molecular complexity index is 339. The molecule has 1 aliphatic carbocycles. The standard InChI is InChI=1S/C15H22/c1-10-8-12(3)15(13(4)9-10)14-7-5-6-11(14)2/h8-9,11,14H,5-7H2,1-4H3.